The molecule has 0 bridgehead atoms. The van der Waals surface area contributed by atoms with Crippen molar-refractivity contribution in [3.8, 4) is 11.5 Å². The molecule has 7 heteroatoms. The van der Waals surface area contributed by atoms with Crippen molar-refractivity contribution in [1.82, 2.24) is 4.90 Å². The molecule has 2 aromatic carbocycles. The van der Waals surface area contributed by atoms with Crippen LogP contribution in [0, 0.1) is 0 Å². The Kier molecular flexibility index (Phi) is 5.96. The summed E-state index contributed by atoms with van der Waals surface area (Å²) in [6.07, 6.45) is 4.59. The third-order valence-corrected chi connectivity index (χ3v) is 6.61. The summed E-state index contributed by atoms with van der Waals surface area (Å²) >= 11 is 4.73. The Morgan fingerprint density at radius 3 is 2.45 bits per heavy atom. The molecule has 2 aliphatic rings. The Bertz CT molecular complexity index is 981. The molecule has 1 amide bonds. The summed E-state index contributed by atoms with van der Waals surface area (Å²) in [5, 5.41) is 0. The number of ether oxygens (including phenoxy) is 2. The van der Waals surface area contributed by atoms with Crippen molar-refractivity contribution in [2.75, 3.05) is 20.2 Å². The molecule has 0 atom stereocenters. The van der Waals surface area contributed by atoms with E-state index in [0.717, 1.165) is 29.3 Å². The van der Waals surface area contributed by atoms with Crippen LogP contribution < -0.4 is 9.47 Å². The molecular weight excluding hydrogens is 454 g/mol. The number of rotatable bonds is 3. The van der Waals surface area contributed by atoms with Crippen LogP contribution >= 0.6 is 27.7 Å². The lowest BCUT2D eigenvalue weighted by Gasteiger charge is -2.26. The first kappa shape index (κ1) is 20.0. The number of carbonyl (C=O) groups is 2. The molecule has 0 aromatic heterocycles. The second-order valence-electron chi connectivity index (χ2n) is 6.88. The molecule has 0 unspecified atom stereocenters. The van der Waals surface area contributed by atoms with E-state index in [2.05, 4.69) is 15.9 Å². The predicted molar refractivity (Wildman–Crippen MR) is 117 cm³/mol. The number of halogens is 1. The molecule has 150 valence electrons. The Hall–Kier alpha value is -2.25. The number of hydrogen-bond acceptors (Lipinski definition) is 5. The molecule has 0 saturated carbocycles. The number of thioether (sulfide) groups is 1. The quantitative estimate of drug-likeness (QED) is 0.529. The van der Waals surface area contributed by atoms with Crippen molar-refractivity contribution >= 4 is 45.6 Å². The number of methoxy groups -OCH3 is 1. The van der Waals surface area contributed by atoms with Crippen LogP contribution in [0.1, 0.15) is 35.2 Å². The number of fused-ring (bicyclic) bond motifs is 1. The van der Waals surface area contributed by atoms with Gasteiger partial charge in [0.1, 0.15) is 11.5 Å². The van der Waals surface area contributed by atoms with Gasteiger partial charge in [0.05, 0.1) is 22.5 Å². The maximum atomic E-state index is 13.1. The van der Waals surface area contributed by atoms with Crippen LogP contribution in [0.25, 0.3) is 6.08 Å². The van der Waals surface area contributed by atoms with Crippen LogP contribution in [0.15, 0.2) is 50.7 Å². The highest BCUT2D eigenvalue weighted by Gasteiger charge is 2.33. The van der Waals surface area contributed by atoms with Crippen molar-refractivity contribution in [1.29, 1.82) is 0 Å². The van der Waals surface area contributed by atoms with Gasteiger partial charge in [-0.3, -0.25) is 4.79 Å². The van der Waals surface area contributed by atoms with E-state index in [0.29, 0.717) is 40.0 Å². The lowest BCUT2D eigenvalue weighted by molar-refractivity contribution is 0.103. The lowest BCUT2D eigenvalue weighted by atomic mass is 10.1. The van der Waals surface area contributed by atoms with E-state index in [1.807, 2.05) is 30.3 Å². The maximum absolute atomic E-state index is 13.1. The molecule has 2 aromatic rings. The molecule has 2 heterocycles. The van der Waals surface area contributed by atoms with Gasteiger partial charge in [-0.15, -0.1) is 0 Å². The molecule has 1 fully saturated rings. The second-order valence-corrected chi connectivity index (χ2v) is 8.84. The zero-order valence-corrected chi connectivity index (χ0v) is 18.3. The zero-order valence-electron chi connectivity index (χ0n) is 15.9. The van der Waals surface area contributed by atoms with Crippen LogP contribution in [0.3, 0.4) is 0 Å². The van der Waals surface area contributed by atoms with E-state index >= 15 is 0 Å². The van der Waals surface area contributed by atoms with Crippen LogP contribution in [0.5, 0.6) is 11.5 Å². The number of piperidine rings is 1. The predicted octanol–water partition coefficient (Wildman–Crippen LogP) is 5.77. The number of carbonyl (C=O) groups excluding carboxylic acids is 2. The first-order chi connectivity index (χ1) is 14.1. The van der Waals surface area contributed by atoms with E-state index < -0.39 is 0 Å². The molecule has 0 radical (unpaired) electrons. The molecule has 2 aliphatic heterocycles. The van der Waals surface area contributed by atoms with Gasteiger partial charge in [-0.05, 0) is 55.2 Å². The number of nitrogens with zero attached hydrogens (tertiary/aromatic N) is 1. The summed E-state index contributed by atoms with van der Waals surface area (Å²) in [6.45, 7) is 1.41. The number of Topliss-reactive ketones (excluding diaryl/α,β-unsaturated/α-hetero) is 1. The highest BCUT2D eigenvalue weighted by Crippen LogP contribution is 2.49. The first-order valence-corrected chi connectivity index (χ1v) is 11.1. The Morgan fingerprint density at radius 1 is 1.07 bits per heavy atom. The van der Waals surface area contributed by atoms with Crippen molar-refractivity contribution in [2.24, 2.45) is 0 Å². The Labute approximate surface area is 182 Å². The number of allylic oxidation sites excluding steroid dienone is 1. The van der Waals surface area contributed by atoms with Crippen molar-refractivity contribution < 1.29 is 19.1 Å². The number of amides is 1. The molecular formula is C22H20BrNO4S. The SMILES string of the molecule is COc1ccc(OC(=O)N2CCCCC2)c2c1C(=O)/C(=C\c1ccc(Br)cc1)S2. The fraction of sp³-hybridized carbons (Fsp3) is 0.273. The Morgan fingerprint density at radius 2 is 1.76 bits per heavy atom. The van der Waals surface area contributed by atoms with Gasteiger partial charge in [-0.1, -0.05) is 39.8 Å². The van der Waals surface area contributed by atoms with Gasteiger partial charge in [0.15, 0.2) is 0 Å². The van der Waals surface area contributed by atoms with Gasteiger partial charge < -0.3 is 14.4 Å². The molecule has 4 rings (SSSR count). The van der Waals surface area contributed by atoms with E-state index in [1.54, 1.807) is 17.0 Å². The van der Waals surface area contributed by atoms with Gasteiger partial charge in [0, 0.05) is 17.6 Å². The van der Waals surface area contributed by atoms with Crippen LogP contribution in [0.4, 0.5) is 4.79 Å². The summed E-state index contributed by atoms with van der Waals surface area (Å²) in [5.41, 5.74) is 1.37. The smallest absolute Gasteiger partial charge is 0.415 e. The van der Waals surface area contributed by atoms with E-state index in [-0.39, 0.29) is 11.9 Å². The fourth-order valence-corrected chi connectivity index (χ4v) is 4.81. The second kappa shape index (κ2) is 8.63. The molecule has 0 spiro atoms. The van der Waals surface area contributed by atoms with Crippen LogP contribution in [-0.4, -0.2) is 37.0 Å². The van der Waals surface area contributed by atoms with Gasteiger partial charge in [0.25, 0.3) is 0 Å². The summed E-state index contributed by atoms with van der Waals surface area (Å²) in [5.74, 6) is 0.754. The molecule has 29 heavy (non-hydrogen) atoms. The summed E-state index contributed by atoms with van der Waals surface area (Å²) in [6, 6.07) is 11.1. The normalized spacial score (nSPS) is 17.4. The standard InChI is InChI=1S/C22H20BrNO4S/c1-27-16-9-10-17(28-22(26)24-11-3-2-4-12-24)21-19(16)20(25)18(29-21)13-14-5-7-15(23)8-6-14/h5-10,13H,2-4,11-12H2,1H3/b18-13+. The van der Waals surface area contributed by atoms with Gasteiger partial charge in [-0.2, -0.15) is 0 Å². The van der Waals surface area contributed by atoms with Crippen LogP contribution in [-0.2, 0) is 0 Å². The average Bonchev–Trinajstić information content (AvgIpc) is 3.07. The minimum absolute atomic E-state index is 0.124. The third-order valence-electron chi connectivity index (χ3n) is 4.95. The average molecular weight is 474 g/mol. The van der Waals surface area contributed by atoms with Crippen LogP contribution in [0.2, 0.25) is 0 Å². The summed E-state index contributed by atoms with van der Waals surface area (Å²) < 4.78 is 12.1. The number of hydrogen-bond donors (Lipinski definition) is 0. The molecule has 0 aliphatic carbocycles. The molecule has 0 N–H and O–H groups in total. The highest BCUT2D eigenvalue weighted by atomic mass is 79.9. The number of ketones is 1. The molecule has 1 saturated heterocycles. The summed E-state index contributed by atoms with van der Waals surface area (Å²) in [7, 11) is 1.53. The van der Waals surface area contributed by atoms with Gasteiger partial charge in [0.2, 0.25) is 5.78 Å². The van der Waals surface area contributed by atoms with Crippen molar-refractivity contribution in [3.63, 3.8) is 0 Å². The topological polar surface area (TPSA) is 55.8 Å². The summed E-state index contributed by atoms with van der Waals surface area (Å²) in [4.78, 5) is 28.5. The number of likely N-dealkylation sites (tertiary alicyclic amines) is 1. The number of benzene rings is 2. The monoisotopic (exact) mass is 473 g/mol. The Balaban J connectivity index is 1.64. The van der Waals surface area contributed by atoms with E-state index in [9.17, 15) is 9.59 Å². The zero-order chi connectivity index (χ0) is 20.4. The van der Waals surface area contributed by atoms with Gasteiger partial charge >= 0.3 is 6.09 Å². The van der Waals surface area contributed by atoms with E-state index in [1.165, 1.54) is 18.9 Å². The van der Waals surface area contributed by atoms with E-state index in [4.69, 9.17) is 9.47 Å². The molecule has 5 nitrogen and oxygen atoms in total. The van der Waals surface area contributed by atoms with Gasteiger partial charge in [-0.25, -0.2) is 4.79 Å². The largest absolute Gasteiger partial charge is 0.496 e. The first-order valence-electron chi connectivity index (χ1n) is 9.44. The fourth-order valence-electron chi connectivity index (χ4n) is 3.43. The van der Waals surface area contributed by atoms with Crippen molar-refractivity contribution in [2.45, 2.75) is 24.2 Å². The maximum Gasteiger partial charge on any atom is 0.415 e. The third kappa shape index (κ3) is 4.21. The lowest BCUT2D eigenvalue weighted by Crippen LogP contribution is -2.37. The minimum atomic E-state index is -0.365. The highest BCUT2D eigenvalue weighted by molar-refractivity contribution is 9.10. The van der Waals surface area contributed by atoms with Crippen molar-refractivity contribution in [3.05, 3.63) is 56.9 Å². The minimum Gasteiger partial charge on any atom is -0.496 e.